The van der Waals surface area contributed by atoms with Crippen molar-refractivity contribution in [3.05, 3.63) is 76.3 Å². The van der Waals surface area contributed by atoms with Gasteiger partial charge < -0.3 is 10.6 Å². The van der Waals surface area contributed by atoms with Crippen molar-refractivity contribution in [3.63, 3.8) is 0 Å². The minimum atomic E-state index is -0.285. The van der Waals surface area contributed by atoms with Crippen LogP contribution in [0.5, 0.6) is 0 Å². The zero-order valence-electron chi connectivity index (χ0n) is 12.1. The molecule has 0 saturated heterocycles. The van der Waals surface area contributed by atoms with Gasteiger partial charge in [-0.3, -0.25) is 0 Å². The van der Waals surface area contributed by atoms with E-state index in [1.165, 1.54) is 0 Å². The van der Waals surface area contributed by atoms with Crippen LogP contribution in [-0.4, -0.2) is 6.03 Å². The molecule has 0 aliphatic heterocycles. The van der Waals surface area contributed by atoms with Gasteiger partial charge in [0.1, 0.15) is 0 Å². The Bertz CT molecular complexity index is 859. The zero-order chi connectivity index (χ0) is 16.2. The highest BCUT2D eigenvalue weighted by Gasteiger charge is 2.07. The van der Waals surface area contributed by atoms with Crippen molar-refractivity contribution in [1.29, 1.82) is 0 Å². The number of benzene rings is 3. The van der Waals surface area contributed by atoms with Crippen molar-refractivity contribution in [2.24, 2.45) is 0 Å². The van der Waals surface area contributed by atoms with Gasteiger partial charge in [-0.15, -0.1) is 0 Å². The second-order valence-electron chi connectivity index (χ2n) is 5.07. The summed E-state index contributed by atoms with van der Waals surface area (Å²) in [5.74, 6) is 0. The summed E-state index contributed by atoms with van der Waals surface area (Å²) < 4.78 is 0. The van der Waals surface area contributed by atoms with E-state index in [0.29, 0.717) is 16.6 Å². The molecule has 3 aromatic carbocycles. The molecule has 3 rings (SSSR count). The molecule has 5 heteroatoms. The van der Waals surface area contributed by atoms with Gasteiger partial charge in [0.2, 0.25) is 0 Å². The van der Waals surface area contributed by atoms with Gasteiger partial charge in [-0.25, -0.2) is 4.79 Å². The Morgan fingerprint density at radius 3 is 2.57 bits per heavy atom. The van der Waals surface area contributed by atoms with Gasteiger partial charge in [-0.2, -0.15) is 0 Å². The molecule has 0 aliphatic carbocycles. The lowest BCUT2D eigenvalue weighted by Gasteiger charge is -2.11. The summed E-state index contributed by atoms with van der Waals surface area (Å²) in [4.78, 5) is 12.1. The third-order valence-electron chi connectivity index (χ3n) is 3.49. The molecule has 0 atom stereocenters. The fourth-order valence-corrected chi connectivity index (χ4v) is 2.82. The molecule has 3 nitrogen and oxygen atoms in total. The van der Waals surface area contributed by atoms with Crippen molar-refractivity contribution >= 4 is 45.7 Å². The largest absolute Gasteiger partial charge is 0.334 e. The van der Waals surface area contributed by atoms with E-state index >= 15 is 0 Å². The minimum Gasteiger partial charge on any atom is -0.334 e. The van der Waals surface area contributed by atoms with Crippen LogP contribution in [0.25, 0.3) is 10.8 Å². The van der Waals surface area contributed by atoms with Crippen molar-refractivity contribution in [3.8, 4) is 0 Å². The Kier molecular flexibility index (Phi) is 4.70. The highest BCUT2D eigenvalue weighted by Crippen LogP contribution is 2.23. The second kappa shape index (κ2) is 6.90. The van der Waals surface area contributed by atoms with Crippen molar-refractivity contribution in [2.75, 3.05) is 5.32 Å². The third-order valence-corrected chi connectivity index (χ3v) is 4.08. The summed E-state index contributed by atoms with van der Waals surface area (Å²) in [6, 6.07) is 18.6. The molecule has 23 heavy (non-hydrogen) atoms. The number of rotatable bonds is 3. The Labute approximate surface area is 144 Å². The number of nitrogens with one attached hydrogen (secondary N) is 2. The lowest BCUT2D eigenvalue weighted by molar-refractivity contribution is 0.252. The highest BCUT2D eigenvalue weighted by molar-refractivity contribution is 6.35. The number of carbonyl (C=O) groups excluding carboxylic acids is 1. The smallest absolute Gasteiger partial charge is 0.319 e. The zero-order valence-corrected chi connectivity index (χ0v) is 13.7. The van der Waals surface area contributed by atoms with Crippen LogP contribution >= 0.6 is 23.2 Å². The monoisotopic (exact) mass is 344 g/mol. The molecule has 0 heterocycles. The molecule has 0 bridgehead atoms. The number of fused-ring (bicyclic) bond motifs is 1. The normalized spacial score (nSPS) is 10.5. The van der Waals surface area contributed by atoms with E-state index < -0.39 is 0 Å². The number of hydrogen-bond donors (Lipinski definition) is 2. The van der Waals surface area contributed by atoms with E-state index in [1.807, 2.05) is 42.5 Å². The van der Waals surface area contributed by atoms with Gasteiger partial charge in [0.15, 0.2) is 0 Å². The van der Waals surface area contributed by atoms with Crippen LogP contribution in [-0.2, 0) is 6.54 Å². The fraction of sp³-hybridized carbons (Fsp3) is 0.0556. The maximum absolute atomic E-state index is 12.1. The minimum absolute atomic E-state index is 0.285. The first-order chi connectivity index (χ1) is 11.1. The molecule has 0 saturated carbocycles. The predicted molar refractivity (Wildman–Crippen MR) is 96.3 cm³/mol. The molecule has 2 amide bonds. The summed E-state index contributed by atoms with van der Waals surface area (Å²) in [5.41, 5.74) is 1.58. The molecule has 0 radical (unpaired) electrons. The molecular weight excluding hydrogens is 331 g/mol. The Hall–Kier alpha value is -2.23. The van der Waals surface area contributed by atoms with Crippen LogP contribution in [0, 0.1) is 0 Å². The van der Waals surface area contributed by atoms with E-state index in [4.69, 9.17) is 23.2 Å². The lowest BCUT2D eigenvalue weighted by Crippen LogP contribution is -2.28. The maximum atomic E-state index is 12.1. The van der Waals surface area contributed by atoms with Crippen LogP contribution in [0.4, 0.5) is 10.5 Å². The van der Waals surface area contributed by atoms with Gasteiger partial charge in [-0.05, 0) is 29.1 Å². The second-order valence-corrected chi connectivity index (χ2v) is 5.91. The number of urea groups is 1. The van der Waals surface area contributed by atoms with Gasteiger partial charge in [0.25, 0.3) is 0 Å². The third kappa shape index (κ3) is 3.76. The highest BCUT2D eigenvalue weighted by atomic mass is 35.5. The molecule has 0 aliphatic rings. The van der Waals surface area contributed by atoms with E-state index in [1.54, 1.807) is 18.2 Å². The van der Waals surface area contributed by atoms with Gasteiger partial charge in [-0.1, -0.05) is 65.7 Å². The van der Waals surface area contributed by atoms with Crippen LogP contribution < -0.4 is 10.6 Å². The number of anilines is 1. The van der Waals surface area contributed by atoms with E-state index in [2.05, 4.69) is 10.6 Å². The van der Waals surface area contributed by atoms with Crippen molar-refractivity contribution < 1.29 is 4.79 Å². The molecule has 0 unspecified atom stereocenters. The average Bonchev–Trinajstić information content (AvgIpc) is 2.54. The Morgan fingerprint density at radius 2 is 1.74 bits per heavy atom. The molecule has 3 aromatic rings. The topological polar surface area (TPSA) is 41.1 Å². The molecule has 116 valence electrons. The number of carbonyl (C=O) groups is 1. The summed E-state index contributed by atoms with van der Waals surface area (Å²) in [5, 5.41) is 8.83. The summed E-state index contributed by atoms with van der Waals surface area (Å²) in [6.07, 6.45) is 0. The number of amides is 2. The first kappa shape index (κ1) is 15.7. The van der Waals surface area contributed by atoms with Gasteiger partial charge in [0, 0.05) is 22.0 Å². The first-order valence-electron chi connectivity index (χ1n) is 7.10. The first-order valence-corrected chi connectivity index (χ1v) is 7.85. The molecule has 0 aromatic heterocycles. The van der Waals surface area contributed by atoms with E-state index in [-0.39, 0.29) is 6.03 Å². The lowest BCUT2D eigenvalue weighted by atomic mass is 10.1. The van der Waals surface area contributed by atoms with Gasteiger partial charge >= 0.3 is 6.03 Å². The van der Waals surface area contributed by atoms with E-state index in [9.17, 15) is 4.79 Å². The molecule has 0 spiro atoms. The van der Waals surface area contributed by atoms with Crippen LogP contribution in [0.3, 0.4) is 0 Å². The molecule has 0 fully saturated rings. The predicted octanol–water partition coefficient (Wildman–Crippen LogP) is 5.47. The summed E-state index contributed by atoms with van der Waals surface area (Å²) >= 11 is 12.0. The van der Waals surface area contributed by atoms with Crippen LogP contribution in [0.2, 0.25) is 10.0 Å². The molecule has 2 N–H and O–H groups in total. The van der Waals surface area contributed by atoms with E-state index in [0.717, 1.165) is 22.0 Å². The SMILES string of the molecule is O=C(NCc1ccc(Cl)cc1Cl)Nc1cccc2ccccc12. The number of halogens is 2. The van der Waals surface area contributed by atoms with Crippen molar-refractivity contribution in [1.82, 2.24) is 5.32 Å². The summed E-state index contributed by atoms with van der Waals surface area (Å²) in [6.45, 7) is 0.326. The number of hydrogen-bond acceptors (Lipinski definition) is 1. The quantitative estimate of drug-likeness (QED) is 0.649. The Morgan fingerprint density at radius 1 is 0.957 bits per heavy atom. The Balaban J connectivity index is 1.69. The molecular formula is C18H14Cl2N2O. The summed E-state index contributed by atoms with van der Waals surface area (Å²) in [7, 11) is 0. The maximum Gasteiger partial charge on any atom is 0.319 e. The fourth-order valence-electron chi connectivity index (χ4n) is 2.34. The van der Waals surface area contributed by atoms with Gasteiger partial charge in [0.05, 0.1) is 5.69 Å². The van der Waals surface area contributed by atoms with Crippen molar-refractivity contribution in [2.45, 2.75) is 6.54 Å². The average molecular weight is 345 g/mol. The van der Waals surface area contributed by atoms with Crippen LogP contribution in [0.15, 0.2) is 60.7 Å². The van der Waals surface area contributed by atoms with Crippen LogP contribution in [0.1, 0.15) is 5.56 Å². The standard InChI is InChI=1S/C18H14Cl2N2O/c19-14-9-8-13(16(20)10-14)11-21-18(23)22-17-7-3-5-12-4-1-2-6-15(12)17/h1-10H,11H2,(H2,21,22,23).